The number of rotatable bonds is 5. The number of hydrogen-bond donors (Lipinski definition) is 0. The third kappa shape index (κ3) is 4.62. The summed E-state index contributed by atoms with van der Waals surface area (Å²) < 4.78 is 13.2. The van der Waals surface area contributed by atoms with Crippen molar-refractivity contribution in [2.24, 2.45) is 5.92 Å². The van der Waals surface area contributed by atoms with Gasteiger partial charge in [0.2, 0.25) is 5.91 Å². The van der Waals surface area contributed by atoms with Crippen LogP contribution in [0.1, 0.15) is 42.9 Å². The fourth-order valence-electron chi connectivity index (χ4n) is 3.12. The summed E-state index contributed by atoms with van der Waals surface area (Å²) in [5.41, 5.74) is 2.96. The standard InChI is InChI=1S/C20H24FN3O/c1-14(2)10-19-22-12-16-8-9-24(13-18(16)23-19)20(25)7-6-15-4-3-5-17(21)11-15/h3-5,11-12,14H,6-10,13H2,1-2H3. The first-order valence-corrected chi connectivity index (χ1v) is 8.87. The number of benzene rings is 1. The van der Waals surface area contributed by atoms with Gasteiger partial charge in [0.05, 0.1) is 12.2 Å². The monoisotopic (exact) mass is 341 g/mol. The molecule has 2 aromatic rings. The van der Waals surface area contributed by atoms with E-state index in [-0.39, 0.29) is 11.7 Å². The molecule has 4 nitrogen and oxygen atoms in total. The first kappa shape index (κ1) is 17.5. The smallest absolute Gasteiger partial charge is 0.223 e. The number of nitrogens with zero attached hydrogens (tertiary/aromatic N) is 3. The fraction of sp³-hybridized carbons (Fsp3) is 0.450. The fourth-order valence-corrected chi connectivity index (χ4v) is 3.12. The average Bonchev–Trinajstić information content (AvgIpc) is 2.58. The lowest BCUT2D eigenvalue weighted by molar-refractivity contribution is -0.132. The van der Waals surface area contributed by atoms with Crippen LogP contribution in [0.4, 0.5) is 4.39 Å². The molecule has 0 atom stereocenters. The van der Waals surface area contributed by atoms with E-state index in [1.54, 1.807) is 6.07 Å². The molecule has 1 aromatic heterocycles. The van der Waals surface area contributed by atoms with Crippen LogP contribution in [0.15, 0.2) is 30.5 Å². The molecule has 0 radical (unpaired) electrons. The molecule has 2 heterocycles. The van der Waals surface area contributed by atoms with Gasteiger partial charge in [0.15, 0.2) is 0 Å². The van der Waals surface area contributed by atoms with E-state index in [0.29, 0.717) is 31.8 Å². The van der Waals surface area contributed by atoms with Gasteiger partial charge in [-0.3, -0.25) is 4.79 Å². The molecule has 3 rings (SSSR count). The van der Waals surface area contributed by atoms with Gasteiger partial charge in [-0.25, -0.2) is 14.4 Å². The van der Waals surface area contributed by atoms with Crippen molar-refractivity contribution in [1.29, 1.82) is 0 Å². The molecule has 0 N–H and O–H groups in total. The molecule has 5 heteroatoms. The molecule has 0 bridgehead atoms. The largest absolute Gasteiger partial charge is 0.336 e. The molecule has 25 heavy (non-hydrogen) atoms. The summed E-state index contributed by atoms with van der Waals surface area (Å²) in [5.74, 6) is 1.19. The van der Waals surface area contributed by atoms with Gasteiger partial charge < -0.3 is 4.90 Å². The highest BCUT2D eigenvalue weighted by Crippen LogP contribution is 2.18. The zero-order valence-electron chi connectivity index (χ0n) is 14.8. The third-order valence-electron chi connectivity index (χ3n) is 4.46. The van der Waals surface area contributed by atoms with Gasteiger partial charge in [-0.1, -0.05) is 26.0 Å². The van der Waals surface area contributed by atoms with E-state index >= 15 is 0 Å². The predicted octanol–water partition coefficient (Wildman–Crippen LogP) is 3.33. The summed E-state index contributed by atoms with van der Waals surface area (Å²) in [7, 11) is 0. The average molecular weight is 341 g/mol. The van der Waals surface area contributed by atoms with E-state index in [4.69, 9.17) is 0 Å². The van der Waals surface area contributed by atoms with Crippen molar-refractivity contribution in [3.63, 3.8) is 0 Å². The number of fused-ring (bicyclic) bond motifs is 1. The van der Waals surface area contributed by atoms with Crippen LogP contribution in [0.25, 0.3) is 0 Å². The quantitative estimate of drug-likeness (QED) is 0.838. The molecule has 0 saturated carbocycles. The van der Waals surface area contributed by atoms with Crippen molar-refractivity contribution >= 4 is 5.91 Å². The molecule has 0 fully saturated rings. The zero-order chi connectivity index (χ0) is 17.8. The first-order valence-electron chi connectivity index (χ1n) is 8.87. The van der Waals surface area contributed by atoms with Crippen molar-refractivity contribution < 1.29 is 9.18 Å². The number of aryl methyl sites for hydroxylation is 1. The molecule has 132 valence electrons. The minimum absolute atomic E-state index is 0.0962. The van der Waals surface area contributed by atoms with E-state index in [1.165, 1.54) is 12.1 Å². The predicted molar refractivity (Wildman–Crippen MR) is 94.4 cm³/mol. The lowest BCUT2D eigenvalue weighted by Gasteiger charge is -2.28. The van der Waals surface area contributed by atoms with Crippen molar-refractivity contribution in [2.45, 2.75) is 46.1 Å². The molecule has 1 aliphatic heterocycles. The molecule has 1 aliphatic rings. The normalized spacial score (nSPS) is 13.8. The molecule has 0 spiro atoms. The number of carbonyl (C=O) groups excluding carboxylic acids is 1. The Bertz CT molecular complexity index is 760. The SMILES string of the molecule is CC(C)Cc1ncc2c(n1)CN(C(=O)CCc1cccc(F)c1)CC2. The first-order chi connectivity index (χ1) is 12.0. The lowest BCUT2D eigenvalue weighted by atomic mass is 10.0. The summed E-state index contributed by atoms with van der Waals surface area (Å²) in [5, 5.41) is 0. The Hall–Kier alpha value is -2.30. The number of amides is 1. The van der Waals surface area contributed by atoms with E-state index in [0.717, 1.165) is 35.5 Å². The molecule has 0 unspecified atom stereocenters. The van der Waals surface area contributed by atoms with Crippen molar-refractivity contribution in [1.82, 2.24) is 14.9 Å². The summed E-state index contributed by atoms with van der Waals surface area (Å²) in [4.78, 5) is 23.5. The molecular weight excluding hydrogens is 317 g/mol. The molecule has 1 aromatic carbocycles. The Morgan fingerprint density at radius 1 is 1.36 bits per heavy atom. The zero-order valence-corrected chi connectivity index (χ0v) is 14.8. The Kier molecular flexibility index (Phi) is 5.41. The van der Waals surface area contributed by atoms with E-state index in [9.17, 15) is 9.18 Å². The van der Waals surface area contributed by atoms with Gasteiger partial charge in [-0.05, 0) is 42.0 Å². The Labute approximate surface area is 148 Å². The number of hydrogen-bond acceptors (Lipinski definition) is 3. The maximum Gasteiger partial charge on any atom is 0.223 e. The van der Waals surface area contributed by atoms with Crippen LogP contribution in [0.2, 0.25) is 0 Å². The van der Waals surface area contributed by atoms with Crippen LogP contribution in [0, 0.1) is 11.7 Å². The van der Waals surface area contributed by atoms with Gasteiger partial charge in [0.1, 0.15) is 11.6 Å². The second-order valence-electron chi connectivity index (χ2n) is 7.05. The van der Waals surface area contributed by atoms with Crippen molar-refractivity contribution in [2.75, 3.05) is 6.54 Å². The third-order valence-corrected chi connectivity index (χ3v) is 4.46. The van der Waals surface area contributed by atoms with Crippen molar-refractivity contribution in [3.8, 4) is 0 Å². The number of aromatic nitrogens is 2. The Morgan fingerprint density at radius 3 is 2.96 bits per heavy atom. The highest BCUT2D eigenvalue weighted by atomic mass is 19.1. The molecule has 1 amide bonds. The lowest BCUT2D eigenvalue weighted by Crippen LogP contribution is -2.36. The second kappa shape index (κ2) is 7.72. The maximum absolute atomic E-state index is 13.2. The van der Waals surface area contributed by atoms with Gasteiger partial charge in [0, 0.05) is 25.6 Å². The number of halogens is 1. The van der Waals surface area contributed by atoms with Crippen LogP contribution in [0.5, 0.6) is 0 Å². The number of carbonyl (C=O) groups is 1. The summed E-state index contributed by atoms with van der Waals surface area (Å²) in [6.45, 7) is 5.53. The van der Waals surface area contributed by atoms with E-state index in [1.807, 2.05) is 17.2 Å². The molecule has 0 saturated heterocycles. The topological polar surface area (TPSA) is 46.1 Å². The Balaban J connectivity index is 1.62. The van der Waals surface area contributed by atoms with Crippen LogP contribution < -0.4 is 0 Å². The summed E-state index contributed by atoms with van der Waals surface area (Å²) >= 11 is 0. The maximum atomic E-state index is 13.2. The van der Waals surface area contributed by atoms with E-state index in [2.05, 4.69) is 23.8 Å². The van der Waals surface area contributed by atoms with Crippen LogP contribution in [-0.2, 0) is 30.6 Å². The second-order valence-corrected chi connectivity index (χ2v) is 7.05. The molecular formula is C20H24FN3O. The van der Waals surface area contributed by atoms with Gasteiger partial charge >= 0.3 is 0 Å². The van der Waals surface area contributed by atoms with Gasteiger partial charge in [-0.2, -0.15) is 0 Å². The van der Waals surface area contributed by atoms with Gasteiger partial charge in [0.25, 0.3) is 0 Å². The minimum atomic E-state index is -0.258. The Morgan fingerprint density at radius 2 is 2.20 bits per heavy atom. The van der Waals surface area contributed by atoms with Crippen LogP contribution in [-0.4, -0.2) is 27.3 Å². The highest BCUT2D eigenvalue weighted by Gasteiger charge is 2.22. The van der Waals surface area contributed by atoms with Crippen LogP contribution >= 0.6 is 0 Å². The van der Waals surface area contributed by atoms with Crippen LogP contribution in [0.3, 0.4) is 0 Å². The van der Waals surface area contributed by atoms with E-state index < -0.39 is 0 Å². The summed E-state index contributed by atoms with van der Waals surface area (Å²) in [6, 6.07) is 6.44. The molecule has 0 aliphatic carbocycles. The summed E-state index contributed by atoms with van der Waals surface area (Å²) in [6.07, 6.45) is 4.50. The minimum Gasteiger partial charge on any atom is -0.336 e. The highest BCUT2D eigenvalue weighted by molar-refractivity contribution is 5.76. The van der Waals surface area contributed by atoms with Crippen molar-refractivity contribution in [3.05, 3.63) is 58.9 Å². The van der Waals surface area contributed by atoms with Gasteiger partial charge in [-0.15, -0.1) is 0 Å².